The SMILES string of the molecule is O=C(c1ccc(F)cc1Cl)N1CCN(C(=O)c2ccc(F)cc2Cl)CC1. The minimum atomic E-state index is -0.516. The molecular weight excluding hydrogens is 385 g/mol. The van der Waals surface area contributed by atoms with Crippen molar-refractivity contribution in [2.75, 3.05) is 26.2 Å². The molecule has 0 spiro atoms. The average molecular weight is 399 g/mol. The average Bonchev–Trinajstić information content (AvgIpc) is 2.61. The second-order valence-corrected chi connectivity index (χ2v) is 6.65. The molecule has 0 saturated carbocycles. The van der Waals surface area contributed by atoms with Crippen LogP contribution in [0.1, 0.15) is 20.7 Å². The van der Waals surface area contributed by atoms with Crippen LogP contribution in [0.25, 0.3) is 0 Å². The highest BCUT2D eigenvalue weighted by Gasteiger charge is 2.27. The molecule has 0 bridgehead atoms. The molecule has 8 heteroatoms. The summed E-state index contributed by atoms with van der Waals surface area (Å²) in [5, 5.41) is 0.0956. The lowest BCUT2D eigenvalue weighted by molar-refractivity contribution is 0.0535. The first-order valence-electron chi connectivity index (χ1n) is 7.85. The highest BCUT2D eigenvalue weighted by molar-refractivity contribution is 6.34. The molecule has 4 nitrogen and oxygen atoms in total. The van der Waals surface area contributed by atoms with Crippen molar-refractivity contribution in [1.82, 2.24) is 9.80 Å². The van der Waals surface area contributed by atoms with Gasteiger partial charge in [0.05, 0.1) is 21.2 Å². The van der Waals surface area contributed by atoms with E-state index in [2.05, 4.69) is 0 Å². The molecule has 1 aliphatic rings. The van der Waals surface area contributed by atoms with Crippen LogP contribution in [0.2, 0.25) is 10.0 Å². The number of rotatable bonds is 2. The van der Waals surface area contributed by atoms with Crippen molar-refractivity contribution in [3.8, 4) is 0 Å². The van der Waals surface area contributed by atoms with Gasteiger partial charge in [-0.3, -0.25) is 9.59 Å². The van der Waals surface area contributed by atoms with Gasteiger partial charge in [-0.1, -0.05) is 23.2 Å². The molecule has 136 valence electrons. The van der Waals surface area contributed by atoms with Crippen molar-refractivity contribution in [2.24, 2.45) is 0 Å². The summed E-state index contributed by atoms with van der Waals surface area (Å²) in [6.45, 7) is 1.21. The van der Waals surface area contributed by atoms with Crippen LogP contribution in [0, 0.1) is 11.6 Å². The number of amides is 2. The molecule has 26 heavy (non-hydrogen) atoms. The Hall–Kier alpha value is -2.18. The summed E-state index contributed by atoms with van der Waals surface area (Å²) in [5.41, 5.74) is 0.434. The number of carbonyl (C=O) groups excluding carboxylic acids is 2. The molecule has 3 rings (SSSR count). The van der Waals surface area contributed by atoms with E-state index in [0.717, 1.165) is 12.1 Å². The monoisotopic (exact) mass is 398 g/mol. The number of piperazine rings is 1. The summed E-state index contributed by atoms with van der Waals surface area (Å²) in [6.07, 6.45) is 0. The maximum Gasteiger partial charge on any atom is 0.255 e. The summed E-state index contributed by atoms with van der Waals surface area (Å²) >= 11 is 11.9. The number of hydrogen-bond donors (Lipinski definition) is 0. The lowest BCUT2D eigenvalue weighted by Crippen LogP contribution is -2.50. The molecule has 0 aromatic heterocycles. The van der Waals surface area contributed by atoms with Crippen molar-refractivity contribution in [2.45, 2.75) is 0 Å². The second kappa shape index (κ2) is 7.60. The molecule has 1 saturated heterocycles. The lowest BCUT2D eigenvalue weighted by Gasteiger charge is -2.35. The Morgan fingerprint density at radius 3 is 1.38 bits per heavy atom. The number of carbonyl (C=O) groups is 2. The second-order valence-electron chi connectivity index (χ2n) is 5.83. The first-order valence-corrected chi connectivity index (χ1v) is 8.61. The van der Waals surface area contributed by atoms with Gasteiger partial charge < -0.3 is 9.80 Å². The normalized spacial score (nSPS) is 14.5. The number of hydrogen-bond acceptors (Lipinski definition) is 2. The van der Waals surface area contributed by atoms with E-state index in [4.69, 9.17) is 23.2 Å². The van der Waals surface area contributed by atoms with Crippen LogP contribution in [0.5, 0.6) is 0 Å². The van der Waals surface area contributed by atoms with E-state index in [9.17, 15) is 18.4 Å². The zero-order chi connectivity index (χ0) is 18.8. The molecule has 1 aliphatic heterocycles. The summed E-state index contributed by atoms with van der Waals surface area (Å²) < 4.78 is 26.2. The van der Waals surface area contributed by atoms with Crippen LogP contribution in [-0.4, -0.2) is 47.8 Å². The zero-order valence-electron chi connectivity index (χ0n) is 13.5. The fourth-order valence-corrected chi connectivity index (χ4v) is 3.28. The Kier molecular flexibility index (Phi) is 5.44. The van der Waals surface area contributed by atoms with Gasteiger partial charge in [0.1, 0.15) is 11.6 Å². The third-order valence-corrected chi connectivity index (χ3v) is 4.80. The lowest BCUT2D eigenvalue weighted by atomic mass is 10.1. The standard InChI is InChI=1S/C18H14Cl2F2N2O2/c19-15-9-11(21)1-3-13(15)17(25)23-5-7-24(8-6-23)18(26)14-4-2-12(22)10-16(14)20/h1-4,9-10H,5-8H2. The quantitative estimate of drug-likeness (QED) is 0.770. The topological polar surface area (TPSA) is 40.6 Å². The molecule has 0 unspecified atom stereocenters. The van der Waals surface area contributed by atoms with Gasteiger partial charge in [-0.2, -0.15) is 0 Å². The number of halogens is 4. The fourth-order valence-electron chi connectivity index (χ4n) is 2.78. The van der Waals surface area contributed by atoms with E-state index in [0.29, 0.717) is 26.2 Å². The Morgan fingerprint density at radius 2 is 1.08 bits per heavy atom. The van der Waals surface area contributed by atoms with Gasteiger partial charge in [0.2, 0.25) is 0 Å². The Labute approximate surface area is 158 Å². The predicted molar refractivity (Wildman–Crippen MR) is 94.6 cm³/mol. The molecule has 0 N–H and O–H groups in total. The van der Waals surface area contributed by atoms with E-state index in [-0.39, 0.29) is 33.0 Å². The van der Waals surface area contributed by atoms with Crippen molar-refractivity contribution >= 4 is 35.0 Å². The maximum atomic E-state index is 13.1. The molecule has 0 aliphatic carbocycles. The van der Waals surface area contributed by atoms with Crippen molar-refractivity contribution < 1.29 is 18.4 Å². The highest BCUT2D eigenvalue weighted by Crippen LogP contribution is 2.22. The zero-order valence-corrected chi connectivity index (χ0v) is 15.0. The minimum absolute atomic E-state index is 0.0478. The molecular formula is C18H14Cl2F2N2O2. The van der Waals surface area contributed by atoms with E-state index in [1.165, 1.54) is 24.3 Å². The minimum Gasteiger partial charge on any atom is -0.335 e. The van der Waals surface area contributed by atoms with Crippen molar-refractivity contribution in [3.63, 3.8) is 0 Å². The molecule has 2 aromatic rings. The Morgan fingerprint density at radius 1 is 0.731 bits per heavy atom. The predicted octanol–water partition coefficient (Wildman–Crippen LogP) is 3.87. The van der Waals surface area contributed by atoms with Crippen molar-refractivity contribution in [1.29, 1.82) is 0 Å². The van der Waals surface area contributed by atoms with Crippen LogP contribution in [-0.2, 0) is 0 Å². The molecule has 2 amide bonds. The maximum absolute atomic E-state index is 13.1. The summed E-state index contributed by atoms with van der Waals surface area (Å²) in [5.74, 6) is -1.67. The van der Waals surface area contributed by atoms with E-state index in [1.807, 2.05) is 0 Å². The van der Waals surface area contributed by atoms with Gasteiger partial charge in [-0.05, 0) is 36.4 Å². The van der Waals surface area contributed by atoms with Crippen molar-refractivity contribution in [3.05, 3.63) is 69.2 Å². The fraction of sp³-hybridized carbons (Fsp3) is 0.222. The smallest absolute Gasteiger partial charge is 0.255 e. The molecule has 0 atom stereocenters. The van der Waals surface area contributed by atoms with E-state index in [1.54, 1.807) is 9.80 Å². The Balaban J connectivity index is 1.67. The Bertz CT molecular complexity index is 797. The van der Waals surface area contributed by atoms with Gasteiger partial charge in [0.15, 0.2) is 0 Å². The third-order valence-electron chi connectivity index (χ3n) is 4.18. The van der Waals surface area contributed by atoms with Crippen LogP contribution >= 0.6 is 23.2 Å². The third kappa shape index (κ3) is 3.81. The summed E-state index contributed by atoms with van der Waals surface area (Å²) in [4.78, 5) is 28.1. The van der Waals surface area contributed by atoms with Crippen LogP contribution in [0.3, 0.4) is 0 Å². The van der Waals surface area contributed by atoms with Crippen LogP contribution in [0.15, 0.2) is 36.4 Å². The number of benzene rings is 2. The first-order chi connectivity index (χ1) is 12.4. The molecule has 2 aromatic carbocycles. The van der Waals surface area contributed by atoms with Crippen LogP contribution < -0.4 is 0 Å². The van der Waals surface area contributed by atoms with Crippen LogP contribution in [0.4, 0.5) is 8.78 Å². The summed E-state index contributed by atoms with van der Waals surface area (Å²) in [6, 6.07) is 7.21. The van der Waals surface area contributed by atoms with Gasteiger partial charge in [0, 0.05) is 26.2 Å². The largest absolute Gasteiger partial charge is 0.335 e. The number of nitrogens with zero attached hydrogens (tertiary/aromatic N) is 2. The summed E-state index contributed by atoms with van der Waals surface area (Å²) in [7, 11) is 0. The highest BCUT2D eigenvalue weighted by atomic mass is 35.5. The van der Waals surface area contributed by atoms with Gasteiger partial charge in [-0.15, -0.1) is 0 Å². The molecule has 0 radical (unpaired) electrons. The van der Waals surface area contributed by atoms with E-state index < -0.39 is 11.6 Å². The molecule has 1 fully saturated rings. The van der Waals surface area contributed by atoms with E-state index >= 15 is 0 Å². The van der Waals surface area contributed by atoms with Gasteiger partial charge >= 0.3 is 0 Å². The molecule has 1 heterocycles. The van der Waals surface area contributed by atoms with Gasteiger partial charge in [-0.25, -0.2) is 8.78 Å². The van der Waals surface area contributed by atoms with Gasteiger partial charge in [0.25, 0.3) is 11.8 Å². The first kappa shape index (κ1) is 18.6.